The number of carbonyl (C=O) groups excluding carboxylic acids is 2. The highest BCUT2D eigenvalue weighted by atomic mass is 79.9. The van der Waals surface area contributed by atoms with Crippen LogP contribution in [0.25, 0.3) is 0 Å². The molecule has 0 unspecified atom stereocenters. The average molecular weight is 452 g/mol. The number of aryl methyl sites for hydroxylation is 2. The zero-order valence-corrected chi connectivity index (χ0v) is 17.6. The molecule has 1 atom stereocenters. The predicted molar refractivity (Wildman–Crippen MR) is 111 cm³/mol. The van der Waals surface area contributed by atoms with E-state index in [0.717, 1.165) is 21.3 Å². The van der Waals surface area contributed by atoms with Crippen LogP contribution < -0.4 is 15.0 Å². The van der Waals surface area contributed by atoms with E-state index in [9.17, 15) is 9.59 Å². The lowest BCUT2D eigenvalue weighted by molar-refractivity contribution is -0.122. The molecule has 1 fully saturated rings. The molecule has 2 aromatic rings. The quantitative estimate of drug-likeness (QED) is 0.732. The van der Waals surface area contributed by atoms with Crippen molar-refractivity contribution in [3.8, 4) is 5.75 Å². The fourth-order valence-electron chi connectivity index (χ4n) is 3.25. The van der Waals surface area contributed by atoms with Crippen LogP contribution in [0.1, 0.15) is 17.5 Å². The summed E-state index contributed by atoms with van der Waals surface area (Å²) in [4.78, 5) is 26.8. The molecule has 27 heavy (non-hydrogen) atoms. The van der Waals surface area contributed by atoms with Gasteiger partial charge in [-0.15, -0.1) is 0 Å². The predicted octanol–water partition coefficient (Wildman–Crippen LogP) is 4.72. The number of anilines is 2. The van der Waals surface area contributed by atoms with Crippen molar-refractivity contribution < 1.29 is 14.3 Å². The number of halogens is 2. The average Bonchev–Trinajstić information content (AvgIpc) is 3.01. The Balaban J connectivity index is 1.77. The maximum Gasteiger partial charge on any atom is 0.229 e. The second-order valence-electron chi connectivity index (χ2n) is 6.63. The summed E-state index contributed by atoms with van der Waals surface area (Å²) in [6.07, 6.45) is 0.149. The molecule has 0 bridgehead atoms. The normalized spacial score (nSPS) is 16.6. The van der Waals surface area contributed by atoms with Crippen LogP contribution >= 0.6 is 27.5 Å². The molecule has 1 saturated heterocycles. The lowest BCUT2D eigenvalue weighted by Gasteiger charge is -2.20. The molecule has 1 aliphatic rings. The molecule has 0 aromatic heterocycles. The highest BCUT2D eigenvalue weighted by Crippen LogP contribution is 2.35. The van der Waals surface area contributed by atoms with Crippen LogP contribution in [0.2, 0.25) is 5.02 Å². The summed E-state index contributed by atoms with van der Waals surface area (Å²) in [5.74, 6) is -0.190. The van der Waals surface area contributed by atoms with Gasteiger partial charge in [0.15, 0.2) is 0 Å². The Labute approximate surface area is 171 Å². The van der Waals surface area contributed by atoms with Gasteiger partial charge in [0.1, 0.15) is 5.75 Å². The van der Waals surface area contributed by atoms with Gasteiger partial charge >= 0.3 is 0 Å². The molecular formula is C20H20BrClN2O3. The second kappa shape index (κ2) is 7.90. The third kappa shape index (κ3) is 4.12. The zero-order chi connectivity index (χ0) is 19.7. The number of benzene rings is 2. The molecule has 0 spiro atoms. The largest absolute Gasteiger partial charge is 0.495 e. The van der Waals surface area contributed by atoms with Crippen LogP contribution in [0.5, 0.6) is 5.75 Å². The number of methoxy groups -OCH3 is 1. The third-order valence-corrected chi connectivity index (χ3v) is 6.12. The van der Waals surface area contributed by atoms with E-state index in [2.05, 4.69) is 21.2 Å². The molecular weight excluding hydrogens is 432 g/mol. The number of rotatable bonds is 4. The van der Waals surface area contributed by atoms with Gasteiger partial charge < -0.3 is 15.0 Å². The van der Waals surface area contributed by atoms with Crippen molar-refractivity contribution in [2.45, 2.75) is 20.3 Å². The van der Waals surface area contributed by atoms with Gasteiger partial charge in [0.2, 0.25) is 11.8 Å². The van der Waals surface area contributed by atoms with Gasteiger partial charge in [-0.2, -0.15) is 0 Å². The van der Waals surface area contributed by atoms with Crippen molar-refractivity contribution in [2.75, 3.05) is 23.9 Å². The van der Waals surface area contributed by atoms with E-state index < -0.39 is 5.92 Å². The third-order valence-electron chi connectivity index (χ3n) is 4.63. The summed E-state index contributed by atoms with van der Waals surface area (Å²) < 4.78 is 6.36. The molecule has 2 aromatic carbocycles. The van der Waals surface area contributed by atoms with E-state index in [1.807, 2.05) is 26.0 Å². The highest BCUT2D eigenvalue weighted by molar-refractivity contribution is 9.10. The number of carbonyl (C=O) groups is 2. The van der Waals surface area contributed by atoms with Gasteiger partial charge in [-0.25, -0.2) is 0 Å². The number of hydrogen-bond donors (Lipinski definition) is 1. The molecule has 1 N–H and O–H groups in total. The number of amides is 2. The van der Waals surface area contributed by atoms with Gasteiger partial charge in [0.25, 0.3) is 0 Å². The van der Waals surface area contributed by atoms with Crippen LogP contribution in [0.3, 0.4) is 0 Å². The van der Waals surface area contributed by atoms with Crippen molar-refractivity contribution in [1.29, 1.82) is 0 Å². The second-order valence-corrected chi connectivity index (χ2v) is 7.86. The first-order chi connectivity index (χ1) is 12.8. The maximum atomic E-state index is 12.7. The smallest absolute Gasteiger partial charge is 0.229 e. The number of hydrogen-bond acceptors (Lipinski definition) is 3. The van der Waals surface area contributed by atoms with Gasteiger partial charge in [-0.05, 0) is 55.3 Å². The number of ether oxygens (including phenoxy) is 1. The van der Waals surface area contributed by atoms with Crippen LogP contribution in [-0.2, 0) is 9.59 Å². The monoisotopic (exact) mass is 450 g/mol. The van der Waals surface area contributed by atoms with Crippen LogP contribution in [0.4, 0.5) is 11.4 Å². The van der Waals surface area contributed by atoms with Crippen molar-refractivity contribution in [2.24, 2.45) is 5.92 Å². The van der Waals surface area contributed by atoms with Gasteiger partial charge in [0, 0.05) is 28.1 Å². The molecule has 5 nitrogen and oxygen atoms in total. The SMILES string of the molecule is COc1ccc(Cl)cc1N1C[C@H](C(=O)Nc2cc(C)c(Br)c(C)c2)CC1=O. The fourth-order valence-corrected chi connectivity index (χ4v) is 3.65. The van der Waals surface area contributed by atoms with Gasteiger partial charge in [-0.3, -0.25) is 9.59 Å². The minimum atomic E-state index is -0.439. The summed E-state index contributed by atoms with van der Waals surface area (Å²) in [5, 5.41) is 3.44. The molecule has 2 amide bonds. The van der Waals surface area contributed by atoms with Crippen LogP contribution in [0.15, 0.2) is 34.8 Å². The summed E-state index contributed by atoms with van der Waals surface area (Å²) in [7, 11) is 1.54. The first kappa shape index (κ1) is 19.7. The van der Waals surface area contributed by atoms with E-state index in [0.29, 0.717) is 16.5 Å². The van der Waals surface area contributed by atoms with E-state index in [4.69, 9.17) is 16.3 Å². The lowest BCUT2D eigenvalue weighted by Crippen LogP contribution is -2.28. The van der Waals surface area contributed by atoms with Gasteiger partial charge in [-0.1, -0.05) is 27.5 Å². The Bertz CT molecular complexity index is 893. The molecule has 7 heteroatoms. The number of nitrogens with zero attached hydrogens (tertiary/aromatic N) is 1. The Morgan fingerprint density at radius 3 is 2.56 bits per heavy atom. The van der Waals surface area contributed by atoms with Gasteiger partial charge in [0.05, 0.1) is 18.7 Å². The fraction of sp³-hybridized carbons (Fsp3) is 0.300. The molecule has 142 valence electrons. The summed E-state index contributed by atoms with van der Waals surface area (Å²) in [6, 6.07) is 8.91. The van der Waals surface area contributed by atoms with E-state index >= 15 is 0 Å². The first-order valence-corrected chi connectivity index (χ1v) is 9.68. The van der Waals surface area contributed by atoms with Crippen LogP contribution in [0, 0.1) is 19.8 Å². The van der Waals surface area contributed by atoms with E-state index in [-0.39, 0.29) is 24.8 Å². The summed E-state index contributed by atoms with van der Waals surface area (Å²) in [6.45, 7) is 4.23. The van der Waals surface area contributed by atoms with E-state index in [1.54, 1.807) is 23.1 Å². The highest BCUT2D eigenvalue weighted by Gasteiger charge is 2.36. The van der Waals surface area contributed by atoms with Crippen molar-refractivity contribution in [3.05, 3.63) is 51.0 Å². The topological polar surface area (TPSA) is 58.6 Å². The minimum absolute atomic E-state index is 0.126. The summed E-state index contributed by atoms with van der Waals surface area (Å²) in [5.41, 5.74) is 3.39. The maximum absolute atomic E-state index is 12.7. The Hall–Kier alpha value is -2.05. The Kier molecular flexibility index (Phi) is 5.77. The zero-order valence-electron chi connectivity index (χ0n) is 15.3. The molecule has 1 heterocycles. The first-order valence-electron chi connectivity index (χ1n) is 8.51. The number of nitrogens with one attached hydrogen (secondary N) is 1. The molecule has 0 saturated carbocycles. The van der Waals surface area contributed by atoms with Crippen molar-refractivity contribution >= 4 is 50.7 Å². The minimum Gasteiger partial charge on any atom is -0.495 e. The molecule has 1 aliphatic heterocycles. The molecule has 0 aliphatic carbocycles. The van der Waals surface area contributed by atoms with E-state index in [1.165, 1.54) is 7.11 Å². The van der Waals surface area contributed by atoms with Crippen molar-refractivity contribution in [1.82, 2.24) is 0 Å². The van der Waals surface area contributed by atoms with Crippen LogP contribution in [-0.4, -0.2) is 25.5 Å². The standard InChI is InChI=1S/C20H20BrClN2O3/c1-11-6-15(7-12(2)19(11)21)23-20(26)13-8-18(25)24(10-13)16-9-14(22)4-5-17(16)27-3/h4-7,9,13H,8,10H2,1-3H3,(H,23,26)/t13-/m1/s1. The molecule has 0 radical (unpaired) electrons. The Morgan fingerprint density at radius 1 is 1.26 bits per heavy atom. The molecule has 3 rings (SSSR count). The Morgan fingerprint density at radius 2 is 1.93 bits per heavy atom. The van der Waals surface area contributed by atoms with Crippen molar-refractivity contribution in [3.63, 3.8) is 0 Å². The lowest BCUT2D eigenvalue weighted by atomic mass is 10.1. The summed E-state index contributed by atoms with van der Waals surface area (Å²) >= 11 is 9.59.